The Balaban J connectivity index is 1.49. The van der Waals surface area contributed by atoms with Gasteiger partial charge in [-0.1, -0.05) is 43.0 Å². The van der Waals surface area contributed by atoms with Gasteiger partial charge in [0, 0.05) is 32.7 Å². The number of amidine groups is 1. The van der Waals surface area contributed by atoms with Crippen LogP contribution in [0.2, 0.25) is 0 Å². The highest BCUT2D eigenvalue weighted by molar-refractivity contribution is 8.15. The quantitative estimate of drug-likeness (QED) is 0.525. The molecule has 2 heterocycles. The number of carbonyl (C=O) groups excluding carboxylic acids is 1. The molecule has 0 spiro atoms. The van der Waals surface area contributed by atoms with Gasteiger partial charge in [0.1, 0.15) is 5.25 Å². The predicted octanol–water partition coefficient (Wildman–Crippen LogP) is 1.22. The molecule has 1 atom stereocenters. The molecule has 1 amide bonds. The van der Waals surface area contributed by atoms with Gasteiger partial charge in [0.15, 0.2) is 5.17 Å². The van der Waals surface area contributed by atoms with Gasteiger partial charge in [0.25, 0.3) is 0 Å². The Morgan fingerprint density at radius 2 is 1.93 bits per heavy atom. The van der Waals surface area contributed by atoms with Crippen LogP contribution in [0, 0.1) is 0 Å². The SMILES string of the molecule is CCN1CCN(Cc2ccc(C=NN=C3NC(=O)C(CC(=O)O)S3)cc2)CC1. The Morgan fingerprint density at radius 1 is 1.25 bits per heavy atom. The van der Waals surface area contributed by atoms with Gasteiger partial charge in [-0.15, -0.1) is 5.10 Å². The normalized spacial score (nSPS) is 22.8. The molecule has 2 fully saturated rings. The number of aliphatic carboxylic acids is 1. The van der Waals surface area contributed by atoms with Crippen molar-refractivity contribution in [1.29, 1.82) is 0 Å². The van der Waals surface area contributed by atoms with Crippen molar-refractivity contribution in [3.05, 3.63) is 35.4 Å². The first-order chi connectivity index (χ1) is 13.5. The highest BCUT2D eigenvalue weighted by Crippen LogP contribution is 2.22. The largest absolute Gasteiger partial charge is 0.481 e. The molecule has 3 rings (SSSR count). The van der Waals surface area contributed by atoms with Crippen LogP contribution in [0.25, 0.3) is 0 Å². The molecule has 9 heteroatoms. The van der Waals surface area contributed by atoms with Crippen LogP contribution >= 0.6 is 11.8 Å². The fourth-order valence-corrected chi connectivity index (χ4v) is 4.04. The minimum absolute atomic E-state index is 0.228. The van der Waals surface area contributed by atoms with Crippen molar-refractivity contribution in [2.45, 2.75) is 25.1 Å². The smallest absolute Gasteiger partial charge is 0.305 e. The minimum Gasteiger partial charge on any atom is -0.481 e. The second kappa shape index (κ2) is 9.81. The van der Waals surface area contributed by atoms with Crippen molar-refractivity contribution in [2.24, 2.45) is 10.2 Å². The number of carboxylic acids is 1. The highest BCUT2D eigenvalue weighted by atomic mass is 32.2. The number of nitrogens with one attached hydrogen (secondary N) is 1. The number of carbonyl (C=O) groups is 2. The molecule has 8 nitrogen and oxygen atoms in total. The van der Waals surface area contributed by atoms with E-state index in [1.54, 1.807) is 6.21 Å². The summed E-state index contributed by atoms with van der Waals surface area (Å²) in [6.07, 6.45) is 1.39. The summed E-state index contributed by atoms with van der Waals surface area (Å²) in [6.45, 7) is 8.72. The van der Waals surface area contributed by atoms with Gasteiger partial charge in [0.2, 0.25) is 5.91 Å². The van der Waals surface area contributed by atoms with E-state index >= 15 is 0 Å². The predicted molar refractivity (Wildman–Crippen MR) is 111 cm³/mol. The number of hydrogen-bond acceptors (Lipinski definition) is 7. The Kier molecular flexibility index (Phi) is 7.18. The molecule has 1 unspecified atom stereocenters. The van der Waals surface area contributed by atoms with Gasteiger partial charge in [-0.2, -0.15) is 5.10 Å². The lowest BCUT2D eigenvalue weighted by molar-refractivity contribution is -0.138. The van der Waals surface area contributed by atoms with E-state index in [-0.39, 0.29) is 12.3 Å². The molecule has 2 N–H and O–H groups in total. The van der Waals surface area contributed by atoms with Crippen molar-refractivity contribution in [2.75, 3.05) is 32.7 Å². The summed E-state index contributed by atoms with van der Waals surface area (Å²) in [6, 6.07) is 8.18. The third kappa shape index (κ3) is 5.88. The van der Waals surface area contributed by atoms with Crippen LogP contribution in [-0.4, -0.2) is 76.1 Å². The third-order valence-corrected chi connectivity index (χ3v) is 5.86. The molecule has 1 aromatic rings. The number of carboxylic acid groups (broad SMARTS) is 1. The van der Waals surface area contributed by atoms with Crippen molar-refractivity contribution in [3.63, 3.8) is 0 Å². The summed E-state index contributed by atoms with van der Waals surface area (Å²) in [5.41, 5.74) is 2.18. The van der Waals surface area contributed by atoms with Crippen molar-refractivity contribution < 1.29 is 14.7 Å². The number of rotatable bonds is 7. The summed E-state index contributed by atoms with van der Waals surface area (Å²) < 4.78 is 0. The van der Waals surface area contributed by atoms with E-state index in [0.717, 1.165) is 56.6 Å². The van der Waals surface area contributed by atoms with E-state index in [0.29, 0.717) is 5.17 Å². The molecule has 2 aliphatic rings. The van der Waals surface area contributed by atoms with Crippen molar-refractivity contribution in [1.82, 2.24) is 15.1 Å². The molecule has 0 aromatic heterocycles. The first-order valence-electron chi connectivity index (χ1n) is 9.37. The average Bonchev–Trinajstić information content (AvgIpc) is 3.02. The fraction of sp³-hybridized carbons (Fsp3) is 0.474. The second-order valence-electron chi connectivity index (χ2n) is 6.80. The van der Waals surface area contributed by atoms with Crippen molar-refractivity contribution >= 4 is 35.0 Å². The van der Waals surface area contributed by atoms with Crippen LogP contribution in [0.5, 0.6) is 0 Å². The standard InChI is InChI=1S/C19H25N5O3S/c1-2-23-7-9-24(10-8-23)13-15-5-3-14(4-6-15)12-20-22-19-21-18(27)16(28-19)11-17(25)26/h3-6,12,16H,2,7-11,13H2,1H3,(H,25,26)(H,21,22,27). The molecule has 0 aliphatic carbocycles. The molecular weight excluding hydrogens is 378 g/mol. The molecule has 0 saturated carbocycles. The number of benzene rings is 1. The van der Waals surface area contributed by atoms with Gasteiger partial charge in [-0.05, 0) is 17.7 Å². The van der Waals surface area contributed by atoms with Crippen LogP contribution in [0.1, 0.15) is 24.5 Å². The molecule has 1 aromatic carbocycles. The highest BCUT2D eigenvalue weighted by Gasteiger charge is 2.32. The van der Waals surface area contributed by atoms with Gasteiger partial charge in [-0.25, -0.2) is 0 Å². The Bertz CT molecular complexity index is 757. The summed E-state index contributed by atoms with van der Waals surface area (Å²) >= 11 is 1.09. The molecule has 2 aliphatic heterocycles. The molecule has 28 heavy (non-hydrogen) atoms. The van der Waals surface area contributed by atoms with E-state index in [1.165, 1.54) is 5.56 Å². The summed E-state index contributed by atoms with van der Waals surface area (Å²) in [4.78, 5) is 27.3. The van der Waals surface area contributed by atoms with E-state index in [9.17, 15) is 9.59 Å². The maximum atomic E-state index is 11.7. The topological polar surface area (TPSA) is 97.6 Å². The van der Waals surface area contributed by atoms with Crippen LogP contribution < -0.4 is 5.32 Å². The Labute approximate surface area is 168 Å². The zero-order chi connectivity index (χ0) is 19.9. The summed E-state index contributed by atoms with van der Waals surface area (Å²) in [5.74, 6) is -1.35. The van der Waals surface area contributed by atoms with Gasteiger partial charge in [-0.3, -0.25) is 14.5 Å². The molecule has 150 valence electrons. The lowest BCUT2D eigenvalue weighted by Gasteiger charge is -2.34. The molecule has 2 saturated heterocycles. The summed E-state index contributed by atoms with van der Waals surface area (Å²) in [7, 11) is 0. The van der Waals surface area contributed by atoms with Crippen LogP contribution in [0.3, 0.4) is 0 Å². The lowest BCUT2D eigenvalue weighted by atomic mass is 10.1. The average molecular weight is 404 g/mol. The maximum absolute atomic E-state index is 11.7. The van der Waals surface area contributed by atoms with Gasteiger partial charge < -0.3 is 15.3 Å². The molecule has 0 radical (unpaired) electrons. The fourth-order valence-electron chi connectivity index (χ4n) is 3.12. The molecular formula is C19H25N5O3S. The van der Waals surface area contributed by atoms with Gasteiger partial charge in [0.05, 0.1) is 12.6 Å². The van der Waals surface area contributed by atoms with Crippen molar-refractivity contribution in [3.8, 4) is 0 Å². The second-order valence-corrected chi connectivity index (χ2v) is 7.99. The van der Waals surface area contributed by atoms with E-state index in [1.807, 2.05) is 12.1 Å². The van der Waals surface area contributed by atoms with Gasteiger partial charge >= 0.3 is 5.97 Å². The number of thioether (sulfide) groups is 1. The number of likely N-dealkylation sites (N-methyl/N-ethyl adjacent to an activating group) is 1. The van der Waals surface area contributed by atoms with E-state index in [4.69, 9.17) is 5.11 Å². The van der Waals surface area contributed by atoms with Crippen LogP contribution in [-0.2, 0) is 16.1 Å². The number of piperazine rings is 1. The van der Waals surface area contributed by atoms with Crippen LogP contribution in [0.15, 0.2) is 34.5 Å². The first-order valence-corrected chi connectivity index (χ1v) is 10.3. The zero-order valence-electron chi connectivity index (χ0n) is 15.9. The zero-order valence-corrected chi connectivity index (χ0v) is 16.7. The number of hydrogen-bond donors (Lipinski definition) is 2. The lowest BCUT2D eigenvalue weighted by Crippen LogP contribution is -2.45. The first kappa shape index (κ1) is 20.5. The van der Waals surface area contributed by atoms with E-state index in [2.05, 4.69) is 44.4 Å². The number of amides is 1. The Hall–Kier alpha value is -2.23. The molecule has 0 bridgehead atoms. The third-order valence-electron chi connectivity index (χ3n) is 4.79. The summed E-state index contributed by atoms with van der Waals surface area (Å²) in [5, 5.41) is 19.0. The van der Waals surface area contributed by atoms with E-state index < -0.39 is 11.2 Å². The Morgan fingerprint density at radius 3 is 2.57 bits per heavy atom. The number of nitrogens with zero attached hydrogens (tertiary/aromatic N) is 4. The minimum atomic E-state index is -1.01. The monoisotopic (exact) mass is 403 g/mol. The van der Waals surface area contributed by atoms with Crippen LogP contribution in [0.4, 0.5) is 0 Å². The maximum Gasteiger partial charge on any atom is 0.305 e.